The molecular formula is C21H25ClN2O3. The Morgan fingerprint density at radius 2 is 1.74 bits per heavy atom. The summed E-state index contributed by atoms with van der Waals surface area (Å²) in [5.74, 6) is 0.0832. The number of amides is 2. The van der Waals surface area contributed by atoms with Gasteiger partial charge in [-0.05, 0) is 62.6 Å². The van der Waals surface area contributed by atoms with Gasteiger partial charge in [0.15, 0.2) is 0 Å². The average molecular weight is 389 g/mol. The van der Waals surface area contributed by atoms with E-state index in [1.165, 1.54) is 0 Å². The minimum absolute atomic E-state index is 0.326. The number of carbonyl (C=O) groups excluding carboxylic acids is 2. The van der Waals surface area contributed by atoms with Crippen LogP contribution in [-0.2, 0) is 16.0 Å². The predicted molar refractivity (Wildman–Crippen MR) is 108 cm³/mol. The predicted octanol–water partition coefficient (Wildman–Crippen LogP) is 3.98. The lowest BCUT2D eigenvalue weighted by atomic mass is 9.90. The van der Waals surface area contributed by atoms with Crippen LogP contribution in [0.25, 0.3) is 0 Å². The molecule has 0 aliphatic carbocycles. The number of benzene rings is 2. The van der Waals surface area contributed by atoms with Crippen molar-refractivity contribution >= 4 is 29.1 Å². The zero-order valence-corrected chi connectivity index (χ0v) is 16.8. The van der Waals surface area contributed by atoms with Crippen molar-refractivity contribution in [2.75, 3.05) is 19.0 Å². The first-order valence-corrected chi connectivity index (χ1v) is 9.11. The summed E-state index contributed by atoms with van der Waals surface area (Å²) < 4.78 is 5.13. The van der Waals surface area contributed by atoms with Gasteiger partial charge in [0, 0.05) is 17.3 Å². The molecule has 0 heterocycles. The van der Waals surface area contributed by atoms with Crippen LogP contribution in [0.5, 0.6) is 5.75 Å². The highest BCUT2D eigenvalue weighted by molar-refractivity contribution is 6.31. The van der Waals surface area contributed by atoms with Crippen molar-refractivity contribution in [2.24, 2.45) is 5.41 Å². The molecule has 0 radical (unpaired) electrons. The summed E-state index contributed by atoms with van der Waals surface area (Å²) in [5, 5.41) is 6.19. The third-order valence-corrected chi connectivity index (χ3v) is 4.92. The molecule has 6 heteroatoms. The lowest BCUT2D eigenvalue weighted by Gasteiger charge is -2.23. The van der Waals surface area contributed by atoms with Crippen molar-refractivity contribution in [3.05, 3.63) is 58.6 Å². The molecule has 0 atom stereocenters. The molecule has 2 amide bonds. The van der Waals surface area contributed by atoms with Crippen LogP contribution in [-0.4, -0.2) is 25.5 Å². The standard InChI is InChI=1S/C21H25ClN2O3/c1-14-17(22)6-5-7-18(14)24-20(26)21(2,3)19(25)23-13-12-15-8-10-16(27-4)11-9-15/h5-11H,12-13H2,1-4H3,(H,23,25)(H,24,26). The fraction of sp³-hybridized carbons (Fsp3) is 0.333. The maximum Gasteiger partial charge on any atom is 0.239 e. The molecule has 0 saturated carbocycles. The summed E-state index contributed by atoms with van der Waals surface area (Å²) in [6.07, 6.45) is 0.667. The van der Waals surface area contributed by atoms with Gasteiger partial charge in [0.1, 0.15) is 11.2 Å². The normalized spacial score (nSPS) is 11.0. The molecule has 0 aromatic heterocycles. The van der Waals surface area contributed by atoms with Crippen LogP contribution < -0.4 is 15.4 Å². The summed E-state index contributed by atoms with van der Waals surface area (Å²) in [5.41, 5.74) is 1.23. The van der Waals surface area contributed by atoms with E-state index in [-0.39, 0.29) is 11.8 Å². The van der Waals surface area contributed by atoms with Crippen LogP contribution in [0, 0.1) is 12.3 Å². The van der Waals surface area contributed by atoms with E-state index in [0.717, 1.165) is 16.9 Å². The summed E-state index contributed by atoms with van der Waals surface area (Å²) in [6, 6.07) is 12.9. The van der Waals surface area contributed by atoms with Crippen LogP contribution in [0.3, 0.4) is 0 Å². The summed E-state index contributed by atoms with van der Waals surface area (Å²) in [7, 11) is 1.62. The lowest BCUT2D eigenvalue weighted by Crippen LogP contribution is -2.45. The second-order valence-corrected chi connectivity index (χ2v) is 7.25. The number of hydrogen-bond donors (Lipinski definition) is 2. The summed E-state index contributed by atoms with van der Waals surface area (Å²) in [4.78, 5) is 25.1. The highest BCUT2D eigenvalue weighted by atomic mass is 35.5. The molecule has 27 heavy (non-hydrogen) atoms. The minimum Gasteiger partial charge on any atom is -0.497 e. The topological polar surface area (TPSA) is 67.4 Å². The van der Waals surface area contributed by atoms with Crippen molar-refractivity contribution in [3.63, 3.8) is 0 Å². The zero-order chi connectivity index (χ0) is 20.0. The molecule has 0 spiro atoms. The van der Waals surface area contributed by atoms with Gasteiger partial charge in [-0.3, -0.25) is 9.59 Å². The highest BCUT2D eigenvalue weighted by Crippen LogP contribution is 2.25. The van der Waals surface area contributed by atoms with Gasteiger partial charge in [0.05, 0.1) is 7.11 Å². The van der Waals surface area contributed by atoms with Gasteiger partial charge in [-0.1, -0.05) is 29.8 Å². The van der Waals surface area contributed by atoms with Crippen LogP contribution in [0.15, 0.2) is 42.5 Å². The van der Waals surface area contributed by atoms with Crippen molar-refractivity contribution in [1.82, 2.24) is 5.32 Å². The number of nitrogens with one attached hydrogen (secondary N) is 2. The van der Waals surface area contributed by atoms with E-state index in [9.17, 15) is 9.59 Å². The number of carbonyl (C=O) groups is 2. The second-order valence-electron chi connectivity index (χ2n) is 6.85. The number of ether oxygens (including phenoxy) is 1. The molecule has 2 aromatic carbocycles. The Labute approximate surface area is 165 Å². The molecule has 2 rings (SSSR count). The van der Waals surface area contributed by atoms with Crippen LogP contribution in [0.2, 0.25) is 5.02 Å². The zero-order valence-electron chi connectivity index (χ0n) is 16.1. The van der Waals surface area contributed by atoms with Gasteiger partial charge >= 0.3 is 0 Å². The number of rotatable bonds is 7. The Bertz CT molecular complexity index is 817. The maximum absolute atomic E-state index is 12.6. The number of hydrogen-bond acceptors (Lipinski definition) is 3. The Morgan fingerprint density at radius 1 is 1.07 bits per heavy atom. The van der Waals surface area contributed by atoms with E-state index in [4.69, 9.17) is 16.3 Å². The Kier molecular flexibility index (Phi) is 6.86. The van der Waals surface area contributed by atoms with Crippen molar-refractivity contribution in [3.8, 4) is 5.75 Å². The quantitative estimate of drug-likeness (QED) is 0.705. The maximum atomic E-state index is 12.6. The van der Waals surface area contributed by atoms with Gasteiger partial charge in [-0.25, -0.2) is 0 Å². The van der Waals surface area contributed by atoms with Gasteiger partial charge in [0.25, 0.3) is 0 Å². The van der Waals surface area contributed by atoms with E-state index in [1.807, 2.05) is 31.2 Å². The van der Waals surface area contributed by atoms with Gasteiger partial charge in [-0.15, -0.1) is 0 Å². The first-order valence-electron chi connectivity index (χ1n) is 8.73. The molecule has 0 bridgehead atoms. The third kappa shape index (κ3) is 5.23. The van der Waals surface area contributed by atoms with Gasteiger partial charge in [-0.2, -0.15) is 0 Å². The summed E-state index contributed by atoms with van der Waals surface area (Å²) >= 11 is 6.08. The Balaban J connectivity index is 1.92. The van der Waals surface area contributed by atoms with Crippen molar-refractivity contribution in [1.29, 1.82) is 0 Å². The number of halogens is 1. The van der Waals surface area contributed by atoms with Crippen LogP contribution in [0.1, 0.15) is 25.0 Å². The van der Waals surface area contributed by atoms with E-state index in [2.05, 4.69) is 10.6 Å². The fourth-order valence-corrected chi connectivity index (χ4v) is 2.63. The molecule has 144 valence electrons. The molecule has 0 aliphatic heterocycles. The SMILES string of the molecule is COc1ccc(CCNC(=O)C(C)(C)C(=O)Nc2cccc(Cl)c2C)cc1. The van der Waals surface area contributed by atoms with E-state index in [0.29, 0.717) is 23.7 Å². The minimum atomic E-state index is -1.21. The fourth-order valence-electron chi connectivity index (χ4n) is 2.46. The number of anilines is 1. The first-order chi connectivity index (χ1) is 12.8. The average Bonchev–Trinajstić information content (AvgIpc) is 2.65. The molecule has 0 aliphatic rings. The Morgan fingerprint density at radius 3 is 2.37 bits per heavy atom. The molecule has 0 saturated heterocycles. The molecule has 2 N–H and O–H groups in total. The molecule has 5 nitrogen and oxygen atoms in total. The van der Waals surface area contributed by atoms with E-state index < -0.39 is 5.41 Å². The molecule has 2 aromatic rings. The molecule has 0 unspecified atom stereocenters. The lowest BCUT2D eigenvalue weighted by molar-refractivity contribution is -0.138. The summed E-state index contributed by atoms with van der Waals surface area (Å²) in [6.45, 7) is 5.47. The largest absolute Gasteiger partial charge is 0.497 e. The first kappa shape index (κ1) is 20.8. The van der Waals surface area contributed by atoms with Crippen molar-refractivity contribution in [2.45, 2.75) is 27.2 Å². The Hall–Kier alpha value is -2.53. The number of methoxy groups -OCH3 is 1. The smallest absolute Gasteiger partial charge is 0.239 e. The van der Waals surface area contributed by atoms with Crippen LogP contribution in [0.4, 0.5) is 5.69 Å². The van der Waals surface area contributed by atoms with E-state index in [1.54, 1.807) is 39.2 Å². The van der Waals surface area contributed by atoms with Crippen molar-refractivity contribution < 1.29 is 14.3 Å². The highest BCUT2D eigenvalue weighted by Gasteiger charge is 2.36. The van der Waals surface area contributed by atoms with Crippen LogP contribution >= 0.6 is 11.6 Å². The van der Waals surface area contributed by atoms with E-state index >= 15 is 0 Å². The second kappa shape index (κ2) is 8.91. The third-order valence-electron chi connectivity index (χ3n) is 4.51. The molecule has 0 fully saturated rings. The molecular weight excluding hydrogens is 364 g/mol. The van der Waals surface area contributed by atoms with Gasteiger partial charge in [0.2, 0.25) is 11.8 Å². The monoisotopic (exact) mass is 388 g/mol. The van der Waals surface area contributed by atoms with Gasteiger partial charge < -0.3 is 15.4 Å².